The number of carbonyl (C=O) groups excluding carboxylic acids is 1. The van der Waals surface area contributed by atoms with Gasteiger partial charge in [0.1, 0.15) is 5.75 Å². The van der Waals surface area contributed by atoms with Gasteiger partial charge in [-0.1, -0.05) is 19.3 Å². The molecular formula is C27H35N3O2. The quantitative estimate of drug-likeness (QED) is 0.693. The molecule has 2 aromatic rings. The lowest BCUT2D eigenvalue weighted by atomic mass is 9.90. The maximum absolute atomic E-state index is 12.7. The van der Waals surface area contributed by atoms with Gasteiger partial charge in [-0.15, -0.1) is 0 Å². The second kappa shape index (κ2) is 9.53. The average molecular weight is 434 g/mol. The first-order chi connectivity index (χ1) is 15.7. The fourth-order valence-corrected chi connectivity index (χ4v) is 5.70. The van der Waals surface area contributed by atoms with Crippen molar-refractivity contribution in [1.29, 1.82) is 0 Å². The Balaban J connectivity index is 1.14. The third-order valence-electron chi connectivity index (χ3n) is 7.51. The summed E-state index contributed by atoms with van der Waals surface area (Å²) >= 11 is 0. The highest BCUT2D eigenvalue weighted by Gasteiger charge is 2.39. The van der Waals surface area contributed by atoms with Crippen LogP contribution in [0.3, 0.4) is 0 Å². The highest BCUT2D eigenvalue weighted by atomic mass is 16.5. The fourth-order valence-electron chi connectivity index (χ4n) is 5.70. The monoisotopic (exact) mass is 433 g/mol. The first-order valence-corrected chi connectivity index (χ1v) is 12.3. The van der Waals surface area contributed by atoms with Crippen molar-refractivity contribution in [3.05, 3.63) is 54.1 Å². The van der Waals surface area contributed by atoms with E-state index in [1.807, 2.05) is 36.4 Å². The molecule has 1 aliphatic carbocycles. The summed E-state index contributed by atoms with van der Waals surface area (Å²) in [5, 5.41) is 3.03. The van der Waals surface area contributed by atoms with Crippen LogP contribution in [0, 0.1) is 11.8 Å². The van der Waals surface area contributed by atoms with Gasteiger partial charge >= 0.3 is 0 Å². The van der Waals surface area contributed by atoms with Crippen molar-refractivity contribution in [2.24, 2.45) is 11.8 Å². The van der Waals surface area contributed by atoms with Gasteiger partial charge in [0.05, 0.1) is 6.61 Å². The van der Waals surface area contributed by atoms with Crippen LogP contribution < -0.4 is 15.0 Å². The van der Waals surface area contributed by atoms with E-state index in [4.69, 9.17) is 4.74 Å². The number of amides is 1. The number of ether oxygens (including phenoxy) is 1. The number of likely N-dealkylation sites (N-methyl/N-ethyl adjacent to an activating group) is 1. The van der Waals surface area contributed by atoms with Gasteiger partial charge in [-0.3, -0.25) is 4.79 Å². The van der Waals surface area contributed by atoms with Crippen molar-refractivity contribution >= 4 is 17.3 Å². The van der Waals surface area contributed by atoms with E-state index in [0.717, 1.165) is 37.1 Å². The normalized spacial score (nSPS) is 23.8. The number of fused-ring (bicyclic) bond motifs is 1. The molecule has 0 bridgehead atoms. The Bertz CT molecular complexity index is 906. The smallest absolute Gasteiger partial charge is 0.255 e. The molecule has 3 aliphatic rings. The molecule has 0 unspecified atom stereocenters. The van der Waals surface area contributed by atoms with Crippen molar-refractivity contribution in [3.63, 3.8) is 0 Å². The molecule has 1 N–H and O–H groups in total. The third-order valence-corrected chi connectivity index (χ3v) is 7.51. The van der Waals surface area contributed by atoms with Crippen LogP contribution in [-0.2, 0) is 0 Å². The molecule has 5 rings (SSSR count). The van der Waals surface area contributed by atoms with Crippen molar-refractivity contribution in [1.82, 2.24) is 4.90 Å². The average Bonchev–Trinajstić information content (AvgIpc) is 3.38. The number of nitrogens with zero attached hydrogens (tertiary/aromatic N) is 2. The number of rotatable bonds is 6. The summed E-state index contributed by atoms with van der Waals surface area (Å²) < 4.78 is 5.96. The van der Waals surface area contributed by atoms with Crippen molar-refractivity contribution in [2.75, 3.05) is 43.5 Å². The van der Waals surface area contributed by atoms with E-state index in [1.165, 1.54) is 50.8 Å². The molecule has 2 aliphatic heterocycles. The first-order valence-electron chi connectivity index (χ1n) is 12.3. The van der Waals surface area contributed by atoms with Crippen molar-refractivity contribution in [3.8, 4) is 5.75 Å². The van der Waals surface area contributed by atoms with E-state index >= 15 is 0 Å². The Morgan fingerprint density at radius 3 is 2.47 bits per heavy atom. The molecule has 1 amide bonds. The van der Waals surface area contributed by atoms with Crippen molar-refractivity contribution in [2.45, 2.75) is 44.6 Å². The Hall–Kier alpha value is -2.53. The van der Waals surface area contributed by atoms with E-state index in [0.29, 0.717) is 17.5 Å². The summed E-state index contributed by atoms with van der Waals surface area (Å²) in [6, 6.07) is 16.4. The van der Waals surface area contributed by atoms with Crippen LogP contribution >= 0.6 is 0 Å². The summed E-state index contributed by atoms with van der Waals surface area (Å²) in [6.45, 7) is 4.26. The van der Waals surface area contributed by atoms with Crippen LogP contribution in [0.5, 0.6) is 5.75 Å². The second-order valence-electron chi connectivity index (χ2n) is 9.87. The molecule has 32 heavy (non-hydrogen) atoms. The van der Waals surface area contributed by atoms with Crippen LogP contribution in [0.25, 0.3) is 0 Å². The molecule has 0 aromatic heterocycles. The minimum Gasteiger partial charge on any atom is -0.493 e. The summed E-state index contributed by atoms with van der Waals surface area (Å²) in [6.07, 6.45) is 7.83. The zero-order valence-corrected chi connectivity index (χ0v) is 19.1. The van der Waals surface area contributed by atoms with Gasteiger partial charge in [0, 0.05) is 42.6 Å². The Kier molecular flexibility index (Phi) is 6.35. The van der Waals surface area contributed by atoms with Gasteiger partial charge in [0.25, 0.3) is 5.91 Å². The Morgan fingerprint density at radius 1 is 0.969 bits per heavy atom. The van der Waals surface area contributed by atoms with Gasteiger partial charge in [-0.25, -0.2) is 0 Å². The Morgan fingerprint density at radius 2 is 1.72 bits per heavy atom. The number of carbonyl (C=O) groups is 1. The van der Waals surface area contributed by atoms with Crippen LogP contribution in [0.2, 0.25) is 0 Å². The minimum absolute atomic E-state index is 0.0877. The maximum atomic E-state index is 12.7. The summed E-state index contributed by atoms with van der Waals surface area (Å²) in [5.41, 5.74) is 2.73. The van der Waals surface area contributed by atoms with Gasteiger partial charge in [-0.2, -0.15) is 0 Å². The number of hydrogen-bond donors (Lipinski definition) is 1. The lowest BCUT2D eigenvalue weighted by molar-refractivity contribution is 0.102. The van der Waals surface area contributed by atoms with E-state index in [9.17, 15) is 4.79 Å². The number of likely N-dealkylation sites (tertiary alicyclic amines) is 1. The van der Waals surface area contributed by atoms with E-state index in [1.54, 1.807) is 0 Å². The molecule has 5 heteroatoms. The standard InChI is InChI=1S/C27H35N3O2/c1-29-17-22-15-16-30(26(22)18-29)24-11-9-23(10-12-24)28-27(31)21-7-13-25(14-8-21)32-19-20-5-3-2-4-6-20/h7-14,20,22,26H,2-6,15-19H2,1H3,(H,28,31)/t22-,26+/m0/s1. The largest absolute Gasteiger partial charge is 0.493 e. The van der Waals surface area contributed by atoms with Crippen molar-refractivity contribution < 1.29 is 9.53 Å². The van der Waals surface area contributed by atoms with Gasteiger partial charge in [0.15, 0.2) is 0 Å². The maximum Gasteiger partial charge on any atom is 0.255 e. The van der Waals surface area contributed by atoms with Crippen LogP contribution in [0.4, 0.5) is 11.4 Å². The second-order valence-corrected chi connectivity index (χ2v) is 9.87. The molecule has 2 atom stereocenters. The molecule has 0 radical (unpaired) electrons. The molecule has 170 valence electrons. The minimum atomic E-state index is -0.0877. The molecule has 1 saturated carbocycles. The number of hydrogen-bond acceptors (Lipinski definition) is 4. The SMILES string of the molecule is CN1C[C@@H]2CCN(c3ccc(NC(=O)c4ccc(OCC5CCCCC5)cc4)cc3)[C@@H]2C1. The van der Waals surface area contributed by atoms with Gasteiger partial charge < -0.3 is 19.9 Å². The fraction of sp³-hybridized carbons (Fsp3) is 0.519. The highest BCUT2D eigenvalue weighted by Crippen LogP contribution is 2.35. The lowest BCUT2D eigenvalue weighted by Crippen LogP contribution is -2.34. The number of nitrogens with one attached hydrogen (secondary N) is 1. The summed E-state index contributed by atoms with van der Waals surface area (Å²) in [5.74, 6) is 2.22. The molecule has 5 nitrogen and oxygen atoms in total. The predicted molar refractivity (Wildman–Crippen MR) is 130 cm³/mol. The van der Waals surface area contributed by atoms with Crippen LogP contribution in [0.15, 0.2) is 48.5 Å². The van der Waals surface area contributed by atoms with E-state index < -0.39 is 0 Å². The molecule has 2 heterocycles. The molecule has 2 saturated heterocycles. The zero-order chi connectivity index (χ0) is 21.9. The van der Waals surface area contributed by atoms with Crippen LogP contribution in [-0.4, -0.2) is 50.1 Å². The topological polar surface area (TPSA) is 44.8 Å². The van der Waals surface area contributed by atoms with E-state index in [-0.39, 0.29) is 5.91 Å². The van der Waals surface area contributed by atoms with Gasteiger partial charge in [0.2, 0.25) is 0 Å². The summed E-state index contributed by atoms with van der Waals surface area (Å²) in [4.78, 5) is 17.7. The highest BCUT2D eigenvalue weighted by molar-refractivity contribution is 6.04. The lowest BCUT2D eigenvalue weighted by Gasteiger charge is -2.26. The number of benzene rings is 2. The zero-order valence-electron chi connectivity index (χ0n) is 19.1. The van der Waals surface area contributed by atoms with Gasteiger partial charge in [-0.05, 0) is 86.7 Å². The molecular weight excluding hydrogens is 398 g/mol. The molecule has 2 aromatic carbocycles. The summed E-state index contributed by atoms with van der Waals surface area (Å²) in [7, 11) is 2.21. The number of anilines is 2. The third kappa shape index (κ3) is 4.78. The first kappa shape index (κ1) is 21.3. The Labute approximate surface area is 191 Å². The van der Waals surface area contributed by atoms with E-state index in [2.05, 4.69) is 34.3 Å². The van der Waals surface area contributed by atoms with Crippen LogP contribution in [0.1, 0.15) is 48.9 Å². The molecule has 0 spiro atoms. The predicted octanol–water partition coefficient (Wildman–Crippen LogP) is 5.04. The molecule has 3 fully saturated rings.